The van der Waals surface area contributed by atoms with Crippen LogP contribution in [0.3, 0.4) is 0 Å². The van der Waals surface area contributed by atoms with Crippen molar-refractivity contribution in [3.05, 3.63) is 28.8 Å². The van der Waals surface area contributed by atoms with Gasteiger partial charge in [0.1, 0.15) is 0 Å². The van der Waals surface area contributed by atoms with Gasteiger partial charge in [-0.15, -0.1) is 0 Å². The van der Waals surface area contributed by atoms with E-state index in [-0.39, 0.29) is 16.6 Å². The van der Waals surface area contributed by atoms with Crippen molar-refractivity contribution in [2.45, 2.75) is 18.4 Å². The Morgan fingerprint density at radius 1 is 1.50 bits per heavy atom. The number of rotatable bonds is 3. The van der Waals surface area contributed by atoms with Crippen molar-refractivity contribution in [2.24, 2.45) is 0 Å². The quantitative estimate of drug-likeness (QED) is 0.676. The van der Waals surface area contributed by atoms with Gasteiger partial charge in [-0.3, -0.25) is 0 Å². The number of alkyl halides is 3. The van der Waals surface area contributed by atoms with Crippen molar-refractivity contribution in [3.63, 3.8) is 0 Å². The molecule has 0 unspecified atom stereocenters. The van der Waals surface area contributed by atoms with Gasteiger partial charge in [0, 0.05) is 16.5 Å². The number of aliphatic hydroxyl groups excluding tert-OH is 1. The second-order valence-corrected chi connectivity index (χ2v) is 3.13. The highest BCUT2D eigenvalue weighted by atomic mass is 79.9. The van der Waals surface area contributed by atoms with E-state index in [1.54, 1.807) is 0 Å². The number of pyridine rings is 1. The number of halogens is 4. The first-order valence-electron chi connectivity index (χ1n) is 3.73. The molecule has 1 heterocycles. The van der Waals surface area contributed by atoms with Gasteiger partial charge in [0.25, 0.3) is 6.43 Å². The lowest BCUT2D eigenvalue weighted by Crippen LogP contribution is -2.03. The number of hydrogen-bond donors (Lipinski definition) is 1. The highest BCUT2D eigenvalue weighted by Gasteiger charge is 2.17. The highest BCUT2D eigenvalue weighted by molar-refractivity contribution is 9.08. The maximum absolute atomic E-state index is 13.0. The molecule has 0 amide bonds. The molecule has 14 heavy (non-hydrogen) atoms. The normalized spacial score (nSPS) is 11.0. The van der Waals surface area contributed by atoms with Crippen LogP contribution in [0.15, 0.2) is 6.07 Å². The van der Waals surface area contributed by atoms with E-state index in [1.807, 2.05) is 0 Å². The Hall–Kier alpha value is -0.620. The second kappa shape index (κ2) is 4.75. The van der Waals surface area contributed by atoms with Crippen LogP contribution in [0.1, 0.15) is 23.2 Å². The largest absolute Gasteiger partial charge is 0.390 e. The van der Waals surface area contributed by atoms with Gasteiger partial charge in [-0.2, -0.15) is 4.39 Å². The van der Waals surface area contributed by atoms with Crippen LogP contribution in [0.25, 0.3) is 0 Å². The molecule has 1 N–H and O–H groups in total. The Kier molecular flexibility index (Phi) is 3.88. The summed E-state index contributed by atoms with van der Waals surface area (Å²) in [5.74, 6) is -0.838. The first-order valence-corrected chi connectivity index (χ1v) is 4.85. The first-order chi connectivity index (χ1) is 6.60. The minimum absolute atomic E-state index is 0.0532. The maximum Gasteiger partial charge on any atom is 0.265 e. The molecule has 6 heteroatoms. The van der Waals surface area contributed by atoms with E-state index in [9.17, 15) is 13.2 Å². The van der Waals surface area contributed by atoms with E-state index in [2.05, 4.69) is 20.9 Å². The fourth-order valence-corrected chi connectivity index (χ4v) is 1.39. The van der Waals surface area contributed by atoms with Crippen LogP contribution in [0.4, 0.5) is 13.2 Å². The predicted octanol–water partition coefficient (Wildman–Crippen LogP) is 2.55. The molecule has 0 bridgehead atoms. The molecule has 0 atom stereocenters. The third-order valence-electron chi connectivity index (χ3n) is 1.69. The van der Waals surface area contributed by atoms with Crippen molar-refractivity contribution in [3.8, 4) is 0 Å². The highest BCUT2D eigenvalue weighted by Crippen LogP contribution is 2.24. The molecule has 0 radical (unpaired) electrons. The smallest absolute Gasteiger partial charge is 0.265 e. The van der Waals surface area contributed by atoms with Crippen molar-refractivity contribution in [1.29, 1.82) is 0 Å². The van der Waals surface area contributed by atoms with E-state index in [1.165, 1.54) is 0 Å². The Morgan fingerprint density at radius 2 is 2.14 bits per heavy atom. The molecule has 0 saturated heterocycles. The second-order valence-electron chi connectivity index (χ2n) is 2.57. The fraction of sp³-hybridized carbons (Fsp3) is 0.375. The van der Waals surface area contributed by atoms with Crippen LogP contribution >= 0.6 is 15.9 Å². The molecule has 1 rings (SSSR count). The maximum atomic E-state index is 13.0. The molecule has 0 aliphatic heterocycles. The lowest BCUT2D eigenvalue weighted by atomic mass is 10.1. The van der Waals surface area contributed by atoms with E-state index in [4.69, 9.17) is 5.11 Å². The average Bonchev–Trinajstić information content (AvgIpc) is 2.16. The van der Waals surface area contributed by atoms with E-state index >= 15 is 0 Å². The van der Waals surface area contributed by atoms with Crippen molar-refractivity contribution < 1.29 is 18.3 Å². The molecule has 2 nitrogen and oxygen atoms in total. The topological polar surface area (TPSA) is 33.1 Å². The Bertz CT molecular complexity index is 333. The summed E-state index contributed by atoms with van der Waals surface area (Å²) in [6, 6.07) is 1.01. The SMILES string of the molecule is OCc1nc(F)c(CBr)cc1C(F)F. The third-order valence-corrected chi connectivity index (χ3v) is 2.29. The van der Waals surface area contributed by atoms with Gasteiger partial charge in [0.05, 0.1) is 12.3 Å². The zero-order valence-electron chi connectivity index (χ0n) is 6.98. The van der Waals surface area contributed by atoms with E-state index in [0.717, 1.165) is 6.07 Å². The Morgan fingerprint density at radius 3 is 2.57 bits per heavy atom. The van der Waals surface area contributed by atoms with Gasteiger partial charge in [-0.1, -0.05) is 15.9 Å². The lowest BCUT2D eigenvalue weighted by molar-refractivity contribution is 0.145. The van der Waals surface area contributed by atoms with Crippen LogP contribution < -0.4 is 0 Å². The number of nitrogens with zero attached hydrogens (tertiary/aromatic N) is 1. The summed E-state index contributed by atoms with van der Waals surface area (Å²) < 4.78 is 37.7. The monoisotopic (exact) mass is 269 g/mol. The van der Waals surface area contributed by atoms with Gasteiger partial charge < -0.3 is 5.11 Å². The minimum atomic E-state index is -2.76. The van der Waals surface area contributed by atoms with Gasteiger partial charge in [-0.05, 0) is 6.07 Å². The van der Waals surface area contributed by atoms with Crippen LogP contribution in [0.5, 0.6) is 0 Å². The third kappa shape index (κ3) is 2.24. The summed E-state index contributed by atoms with van der Waals surface area (Å²) in [5, 5.41) is 8.79. The van der Waals surface area contributed by atoms with Crippen LogP contribution in [0, 0.1) is 5.95 Å². The van der Waals surface area contributed by atoms with Gasteiger partial charge in [0.2, 0.25) is 5.95 Å². The molecule has 1 aromatic heterocycles. The molecule has 0 aliphatic rings. The molecule has 0 aromatic carbocycles. The van der Waals surface area contributed by atoms with Crippen LogP contribution in [-0.4, -0.2) is 10.1 Å². The fourth-order valence-electron chi connectivity index (χ4n) is 0.995. The average molecular weight is 270 g/mol. The molecular formula is C8H7BrF3NO. The molecule has 78 valence electrons. The zero-order valence-corrected chi connectivity index (χ0v) is 8.56. The summed E-state index contributed by atoms with van der Waals surface area (Å²) in [5.41, 5.74) is -0.692. The summed E-state index contributed by atoms with van der Waals surface area (Å²) in [6.45, 7) is -0.695. The Labute approximate surface area is 86.9 Å². The number of hydrogen-bond acceptors (Lipinski definition) is 2. The van der Waals surface area contributed by atoms with Crippen molar-refractivity contribution in [1.82, 2.24) is 4.98 Å². The first kappa shape index (κ1) is 11.5. The number of aromatic nitrogens is 1. The summed E-state index contributed by atoms with van der Waals surface area (Å²) >= 11 is 2.95. The predicted molar refractivity (Wildman–Crippen MR) is 47.7 cm³/mol. The van der Waals surface area contributed by atoms with Gasteiger partial charge >= 0.3 is 0 Å². The van der Waals surface area contributed by atoms with Crippen molar-refractivity contribution >= 4 is 15.9 Å². The van der Waals surface area contributed by atoms with Gasteiger partial charge in [-0.25, -0.2) is 13.8 Å². The molecule has 0 saturated carbocycles. The summed E-state index contributed by atoms with van der Waals surface area (Å²) in [6.07, 6.45) is -2.76. The minimum Gasteiger partial charge on any atom is -0.390 e. The molecule has 0 aliphatic carbocycles. The Balaban J connectivity index is 3.25. The van der Waals surface area contributed by atoms with Crippen LogP contribution in [0.2, 0.25) is 0 Å². The van der Waals surface area contributed by atoms with E-state index < -0.39 is 24.5 Å². The van der Waals surface area contributed by atoms with E-state index in [0.29, 0.717) is 0 Å². The van der Waals surface area contributed by atoms with Crippen LogP contribution in [-0.2, 0) is 11.9 Å². The van der Waals surface area contributed by atoms with Gasteiger partial charge in [0.15, 0.2) is 0 Å². The standard InChI is InChI=1S/C8H7BrF3NO/c9-2-4-1-5(7(10)11)6(3-14)13-8(4)12/h1,7,14H,2-3H2. The zero-order chi connectivity index (χ0) is 10.7. The molecule has 1 aromatic rings. The molecule has 0 fully saturated rings. The number of aliphatic hydroxyl groups is 1. The summed E-state index contributed by atoms with van der Waals surface area (Å²) in [7, 11) is 0. The summed E-state index contributed by atoms with van der Waals surface area (Å²) in [4.78, 5) is 3.26. The lowest BCUT2D eigenvalue weighted by Gasteiger charge is -2.07. The van der Waals surface area contributed by atoms with Crippen molar-refractivity contribution in [2.75, 3.05) is 0 Å². The molecule has 0 spiro atoms. The molecular weight excluding hydrogens is 263 g/mol.